The maximum Gasteiger partial charge on any atom is 0.410 e. The van der Waals surface area contributed by atoms with Gasteiger partial charge in [-0.05, 0) is 34.6 Å². The molecule has 5 heteroatoms. The highest BCUT2D eigenvalue weighted by Gasteiger charge is 2.35. The first-order valence-electron chi connectivity index (χ1n) is 7.72. The van der Waals surface area contributed by atoms with Crippen LogP contribution in [0.3, 0.4) is 0 Å². The van der Waals surface area contributed by atoms with Gasteiger partial charge in [0, 0.05) is 51.4 Å². The van der Waals surface area contributed by atoms with Crippen LogP contribution in [0.25, 0.3) is 0 Å². The molecule has 1 amide bonds. The Morgan fingerprint density at radius 1 is 1.10 bits per heavy atom. The lowest BCUT2D eigenvalue weighted by Crippen LogP contribution is -2.64. The first-order valence-corrected chi connectivity index (χ1v) is 7.72. The molecule has 0 atom stereocenters. The molecular weight excluding hydrogens is 254 g/mol. The molecule has 0 saturated carbocycles. The molecule has 2 saturated heterocycles. The minimum atomic E-state index is -0.403. The third kappa shape index (κ3) is 3.85. The van der Waals surface area contributed by atoms with Crippen LogP contribution < -0.4 is 0 Å². The Bertz CT molecular complexity index is 338. The van der Waals surface area contributed by atoms with Crippen LogP contribution >= 0.6 is 0 Å². The van der Waals surface area contributed by atoms with Crippen LogP contribution in [0.5, 0.6) is 0 Å². The smallest absolute Gasteiger partial charge is 0.410 e. The van der Waals surface area contributed by atoms with E-state index in [0.717, 1.165) is 26.2 Å². The number of rotatable bonds is 2. The van der Waals surface area contributed by atoms with E-state index in [9.17, 15) is 4.79 Å². The highest BCUT2D eigenvalue weighted by molar-refractivity contribution is 5.68. The quantitative estimate of drug-likeness (QED) is 0.772. The van der Waals surface area contributed by atoms with E-state index in [1.54, 1.807) is 0 Å². The largest absolute Gasteiger partial charge is 0.444 e. The molecule has 2 aliphatic rings. The van der Waals surface area contributed by atoms with E-state index in [2.05, 4.69) is 23.6 Å². The highest BCUT2D eigenvalue weighted by atomic mass is 16.6. The van der Waals surface area contributed by atoms with Gasteiger partial charge in [-0.3, -0.25) is 9.80 Å². The number of ether oxygens (including phenoxy) is 1. The molecule has 0 aromatic heterocycles. The molecule has 0 aliphatic carbocycles. The van der Waals surface area contributed by atoms with E-state index in [1.165, 1.54) is 13.1 Å². The Morgan fingerprint density at radius 3 is 2.10 bits per heavy atom. The number of amides is 1. The summed E-state index contributed by atoms with van der Waals surface area (Å²) in [6, 6.07) is 1.33. The molecule has 0 aromatic rings. The lowest BCUT2D eigenvalue weighted by atomic mass is 10.0. The summed E-state index contributed by atoms with van der Waals surface area (Å²) in [4.78, 5) is 18.8. The van der Waals surface area contributed by atoms with E-state index < -0.39 is 5.60 Å². The number of carbonyl (C=O) groups excluding carboxylic acids is 1. The SMILES string of the molecule is CC(C)N1CC(N2CCN(C(=O)OC(C)(C)C)CC2)C1. The summed E-state index contributed by atoms with van der Waals surface area (Å²) in [5.41, 5.74) is -0.403. The molecule has 2 aliphatic heterocycles. The standard InChI is InChI=1S/C15H29N3O2/c1-12(2)18-10-13(11-18)16-6-8-17(9-7-16)14(19)20-15(3,4)5/h12-13H,6-11H2,1-5H3. The number of hydrogen-bond acceptors (Lipinski definition) is 4. The van der Waals surface area contributed by atoms with E-state index >= 15 is 0 Å². The lowest BCUT2D eigenvalue weighted by molar-refractivity contribution is -0.0204. The van der Waals surface area contributed by atoms with Gasteiger partial charge in [0.2, 0.25) is 0 Å². The van der Waals surface area contributed by atoms with Gasteiger partial charge in [-0.1, -0.05) is 0 Å². The third-order valence-electron chi connectivity index (χ3n) is 4.10. The molecule has 116 valence electrons. The third-order valence-corrected chi connectivity index (χ3v) is 4.10. The number of likely N-dealkylation sites (tertiary alicyclic amines) is 1. The maximum absolute atomic E-state index is 12.0. The fourth-order valence-corrected chi connectivity index (χ4v) is 2.74. The van der Waals surface area contributed by atoms with Crippen molar-refractivity contribution in [1.82, 2.24) is 14.7 Å². The highest BCUT2D eigenvalue weighted by Crippen LogP contribution is 2.20. The zero-order valence-corrected chi connectivity index (χ0v) is 13.6. The van der Waals surface area contributed by atoms with Gasteiger partial charge < -0.3 is 9.64 Å². The molecular formula is C15H29N3O2. The summed E-state index contributed by atoms with van der Waals surface area (Å²) in [5, 5.41) is 0. The number of hydrogen-bond donors (Lipinski definition) is 0. The van der Waals surface area contributed by atoms with Crippen LogP contribution in [0.2, 0.25) is 0 Å². The van der Waals surface area contributed by atoms with Gasteiger partial charge in [0.15, 0.2) is 0 Å². The summed E-state index contributed by atoms with van der Waals surface area (Å²) in [7, 11) is 0. The van der Waals surface area contributed by atoms with Gasteiger partial charge in [0.25, 0.3) is 0 Å². The summed E-state index contributed by atoms with van der Waals surface area (Å²) < 4.78 is 5.42. The monoisotopic (exact) mass is 283 g/mol. The van der Waals surface area contributed by atoms with Crippen molar-refractivity contribution in [2.24, 2.45) is 0 Å². The van der Waals surface area contributed by atoms with Crippen LogP contribution in [-0.2, 0) is 4.74 Å². The molecule has 0 unspecified atom stereocenters. The van der Waals surface area contributed by atoms with Crippen LogP contribution in [0, 0.1) is 0 Å². The van der Waals surface area contributed by atoms with Gasteiger partial charge >= 0.3 is 6.09 Å². The Balaban J connectivity index is 1.72. The van der Waals surface area contributed by atoms with Gasteiger partial charge in [0.05, 0.1) is 0 Å². The predicted octanol–water partition coefficient (Wildman–Crippen LogP) is 1.63. The minimum absolute atomic E-state index is 0.172. The van der Waals surface area contributed by atoms with E-state index in [-0.39, 0.29) is 6.09 Å². The van der Waals surface area contributed by atoms with Crippen LogP contribution in [0.4, 0.5) is 4.79 Å². The molecule has 0 radical (unpaired) electrons. The molecule has 2 fully saturated rings. The summed E-state index contributed by atoms with van der Waals surface area (Å²) >= 11 is 0. The van der Waals surface area contributed by atoms with Crippen molar-refractivity contribution in [1.29, 1.82) is 0 Å². The van der Waals surface area contributed by atoms with E-state index in [0.29, 0.717) is 12.1 Å². The normalized spacial score (nSPS) is 23.0. The lowest BCUT2D eigenvalue weighted by Gasteiger charge is -2.49. The van der Waals surface area contributed by atoms with Crippen molar-refractivity contribution in [2.75, 3.05) is 39.3 Å². The number of piperazine rings is 1. The minimum Gasteiger partial charge on any atom is -0.444 e. The Morgan fingerprint density at radius 2 is 1.65 bits per heavy atom. The predicted molar refractivity (Wildman–Crippen MR) is 79.9 cm³/mol. The van der Waals surface area contributed by atoms with Gasteiger partial charge in [-0.2, -0.15) is 0 Å². The Kier molecular flexibility index (Phi) is 4.59. The average Bonchev–Trinajstić information content (AvgIpc) is 2.24. The number of carbonyl (C=O) groups is 1. The fraction of sp³-hybridized carbons (Fsp3) is 0.933. The second-order valence-corrected chi connectivity index (χ2v) is 7.20. The molecule has 2 heterocycles. The van der Waals surface area contributed by atoms with Crippen molar-refractivity contribution >= 4 is 6.09 Å². The average molecular weight is 283 g/mol. The van der Waals surface area contributed by atoms with Crippen molar-refractivity contribution in [3.05, 3.63) is 0 Å². The molecule has 20 heavy (non-hydrogen) atoms. The fourth-order valence-electron chi connectivity index (χ4n) is 2.74. The maximum atomic E-state index is 12.0. The van der Waals surface area contributed by atoms with Crippen LogP contribution in [0.15, 0.2) is 0 Å². The first-order chi connectivity index (χ1) is 9.26. The molecule has 0 aromatic carbocycles. The molecule has 0 N–H and O–H groups in total. The van der Waals surface area contributed by atoms with Gasteiger partial charge in [-0.15, -0.1) is 0 Å². The van der Waals surface area contributed by atoms with Gasteiger partial charge in [-0.25, -0.2) is 4.79 Å². The van der Waals surface area contributed by atoms with E-state index in [4.69, 9.17) is 4.74 Å². The molecule has 0 bridgehead atoms. The van der Waals surface area contributed by atoms with Crippen molar-refractivity contribution < 1.29 is 9.53 Å². The summed E-state index contributed by atoms with van der Waals surface area (Å²) in [6.45, 7) is 16.1. The van der Waals surface area contributed by atoms with Crippen molar-refractivity contribution in [2.45, 2.75) is 52.3 Å². The zero-order chi connectivity index (χ0) is 14.9. The topological polar surface area (TPSA) is 36.0 Å². The zero-order valence-electron chi connectivity index (χ0n) is 13.6. The molecule has 2 rings (SSSR count). The molecule has 0 spiro atoms. The second-order valence-electron chi connectivity index (χ2n) is 7.20. The van der Waals surface area contributed by atoms with E-state index in [1.807, 2.05) is 25.7 Å². The van der Waals surface area contributed by atoms with Crippen molar-refractivity contribution in [3.63, 3.8) is 0 Å². The Hall–Kier alpha value is -0.810. The summed E-state index contributed by atoms with van der Waals surface area (Å²) in [6.07, 6.45) is -0.172. The first kappa shape index (κ1) is 15.6. The summed E-state index contributed by atoms with van der Waals surface area (Å²) in [5.74, 6) is 0. The number of nitrogens with zero attached hydrogens (tertiary/aromatic N) is 3. The second kappa shape index (κ2) is 5.90. The molecule has 5 nitrogen and oxygen atoms in total. The Labute approximate surface area is 122 Å². The van der Waals surface area contributed by atoms with Gasteiger partial charge in [0.1, 0.15) is 5.60 Å². The van der Waals surface area contributed by atoms with Crippen molar-refractivity contribution in [3.8, 4) is 0 Å². The van der Waals surface area contributed by atoms with Crippen LogP contribution in [-0.4, -0.2) is 77.7 Å². The van der Waals surface area contributed by atoms with Crippen LogP contribution in [0.1, 0.15) is 34.6 Å².